The first-order valence-electron chi connectivity index (χ1n) is 7.96. The van der Waals surface area contributed by atoms with Crippen molar-refractivity contribution < 1.29 is 4.39 Å². The van der Waals surface area contributed by atoms with Crippen LogP contribution in [0.5, 0.6) is 0 Å². The van der Waals surface area contributed by atoms with Crippen LogP contribution in [0.3, 0.4) is 0 Å². The molecule has 1 heterocycles. The zero-order valence-corrected chi connectivity index (χ0v) is 14.5. The van der Waals surface area contributed by atoms with E-state index in [1.165, 1.54) is 11.6 Å². The second kappa shape index (κ2) is 6.19. The first kappa shape index (κ1) is 15.6. The van der Waals surface area contributed by atoms with E-state index in [4.69, 9.17) is 23.8 Å². The second-order valence-corrected chi connectivity index (χ2v) is 6.98. The predicted molar refractivity (Wildman–Crippen MR) is 99.3 cm³/mol. The number of aryl methyl sites for hydroxylation is 1. The van der Waals surface area contributed by atoms with Gasteiger partial charge in [0.15, 0.2) is 5.11 Å². The maximum Gasteiger partial charge on any atom is 0.171 e. The Morgan fingerprint density at radius 2 is 1.88 bits per heavy atom. The molecule has 0 fully saturated rings. The number of hydrogen-bond acceptors (Lipinski definition) is 1. The van der Waals surface area contributed by atoms with Crippen molar-refractivity contribution in [3.63, 3.8) is 0 Å². The van der Waals surface area contributed by atoms with E-state index in [0.29, 0.717) is 10.1 Å². The number of thiocarbonyl (C=S) groups is 1. The monoisotopic (exact) mass is 358 g/mol. The highest BCUT2D eigenvalue weighted by atomic mass is 35.5. The minimum absolute atomic E-state index is 0.0137. The summed E-state index contributed by atoms with van der Waals surface area (Å²) in [5.41, 5.74) is 5.36. The summed E-state index contributed by atoms with van der Waals surface area (Å²) in [6, 6.07) is 12.8. The van der Waals surface area contributed by atoms with Crippen LogP contribution in [0.1, 0.15) is 35.6 Å². The Labute approximate surface area is 150 Å². The van der Waals surface area contributed by atoms with Crippen molar-refractivity contribution in [1.82, 2.24) is 10.6 Å². The lowest BCUT2D eigenvalue weighted by atomic mass is 9.91. The zero-order valence-electron chi connectivity index (χ0n) is 12.9. The summed E-state index contributed by atoms with van der Waals surface area (Å²) in [7, 11) is 0. The van der Waals surface area contributed by atoms with E-state index in [2.05, 4.69) is 10.6 Å². The van der Waals surface area contributed by atoms with Crippen LogP contribution in [0.25, 0.3) is 5.70 Å². The van der Waals surface area contributed by atoms with E-state index in [9.17, 15) is 4.39 Å². The molecule has 1 atom stereocenters. The van der Waals surface area contributed by atoms with E-state index in [1.807, 2.05) is 30.3 Å². The summed E-state index contributed by atoms with van der Waals surface area (Å²) >= 11 is 11.4. The average molecular weight is 359 g/mol. The Morgan fingerprint density at radius 1 is 1.08 bits per heavy atom. The molecular formula is C19H16ClFN2S. The molecule has 0 amide bonds. The van der Waals surface area contributed by atoms with Gasteiger partial charge in [-0.3, -0.25) is 0 Å². The fourth-order valence-electron chi connectivity index (χ4n) is 3.51. The standard InChI is InChI=1S/C19H16ClFN2S/c20-13-7-4-12(5-8-13)17-15-3-1-2-11-6-9-14(21)10-16(11)18(15)23-19(24)22-17/h4-10,17H,1-3H2,(H2,22,23,24). The van der Waals surface area contributed by atoms with Crippen LogP contribution in [-0.2, 0) is 6.42 Å². The van der Waals surface area contributed by atoms with Crippen molar-refractivity contribution >= 4 is 34.6 Å². The molecule has 24 heavy (non-hydrogen) atoms. The minimum atomic E-state index is -0.225. The maximum absolute atomic E-state index is 13.8. The number of fused-ring (bicyclic) bond motifs is 2. The molecule has 4 rings (SSSR count). The van der Waals surface area contributed by atoms with E-state index >= 15 is 0 Å². The van der Waals surface area contributed by atoms with Crippen LogP contribution in [0.15, 0.2) is 48.0 Å². The maximum atomic E-state index is 13.8. The summed E-state index contributed by atoms with van der Waals surface area (Å²) in [5, 5.41) is 7.88. The summed E-state index contributed by atoms with van der Waals surface area (Å²) in [6.45, 7) is 0. The van der Waals surface area contributed by atoms with Gasteiger partial charge in [0.2, 0.25) is 0 Å². The van der Waals surface area contributed by atoms with Gasteiger partial charge in [-0.1, -0.05) is 29.8 Å². The predicted octanol–water partition coefficient (Wildman–Crippen LogP) is 4.75. The first-order chi connectivity index (χ1) is 11.6. The van der Waals surface area contributed by atoms with Crippen molar-refractivity contribution in [2.75, 3.05) is 0 Å². The van der Waals surface area contributed by atoms with Crippen molar-refractivity contribution in [2.45, 2.75) is 25.3 Å². The molecule has 122 valence electrons. The second-order valence-electron chi connectivity index (χ2n) is 6.14. The SMILES string of the molecule is Fc1ccc2c(c1)C1=C(CCC2)C(c2ccc(Cl)cc2)NC(=S)N1. The van der Waals surface area contributed by atoms with Crippen LogP contribution in [-0.4, -0.2) is 5.11 Å². The molecule has 1 unspecified atom stereocenters. The summed E-state index contributed by atoms with van der Waals surface area (Å²) in [5.74, 6) is -0.225. The van der Waals surface area contributed by atoms with Gasteiger partial charge in [0.1, 0.15) is 5.82 Å². The van der Waals surface area contributed by atoms with Crippen LogP contribution < -0.4 is 10.6 Å². The largest absolute Gasteiger partial charge is 0.352 e. The minimum Gasteiger partial charge on any atom is -0.352 e. The molecule has 0 spiro atoms. The molecule has 0 saturated heterocycles. The van der Waals surface area contributed by atoms with Crippen LogP contribution in [0, 0.1) is 5.82 Å². The molecule has 2 nitrogen and oxygen atoms in total. The molecule has 2 N–H and O–H groups in total. The summed E-state index contributed by atoms with van der Waals surface area (Å²) in [6.07, 6.45) is 2.89. The molecule has 2 aromatic carbocycles. The number of rotatable bonds is 1. The third-order valence-corrected chi connectivity index (χ3v) is 5.09. The van der Waals surface area contributed by atoms with Crippen molar-refractivity contribution in [1.29, 1.82) is 0 Å². The lowest BCUT2D eigenvalue weighted by molar-refractivity contribution is 0.626. The smallest absolute Gasteiger partial charge is 0.171 e. The van der Waals surface area contributed by atoms with E-state index < -0.39 is 0 Å². The topological polar surface area (TPSA) is 24.1 Å². The third-order valence-electron chi connectivity index (χ3n) is 4.62. The van der Waals surface area contributed by atoms with Crippen LogP contribution in [0.4, 0.5) is 4.39 Å². The molecule has 2 aromatic rings. The molecule has 0 bridgehead atoms. The fraction of sp³-hybridized carbons (Fsp3) is 0.211. The molecule has 0 radical (unpaired) electrons. The summed E-state index contributed by atoms with van der Waals surface area (Å²) in [4.78, 5) is 0. The van der Waals surface area contributed by atoms with Gasteiger partial charge < -0.3 is 10.6 Å². The van der Waals surface area contributed by atoms with Gasteiger partial charge in [0.25, 0.3) is 0 Å². The summed E-state index contributed by atoms with van der Waals surface area (Å²) < 4.78 is 13.8. The van der Waals surface area contributed by atoms with Crippen molar-refractivity contribution in [2.24, 2.45) is 0 Å². The van der Waals surface area contributed by atoms with Gasteiger partial charge in [-0.15, -0.1) is 0 Å². The molecule has 5 heteroatoms. The van der Waals surface area contributed by atoms with Gasteiger partial charge in [0.05, 0.1) is 6.04 Å². The van der Waals surface area contributed by atoms with Crippen molar-refractivity contribution in [3.8, 4) is 0 Å². The Hall–Kier alpha value is -1.91. The molecule has 1 aliphatic heterocycles. The molecule has 1 aliphatic carbocycles. The van der Waals surface area contributed by atoms with E-state index in [1.54, 1.807) is 6.07 Å². The Bertz CT molecular complexity index is 845. The van der Waals surface area contributed by atoms with Gasteiger partial charge >= 0.3 is 0 Å². The van der Waals surface area contributed by atoms with Gasteiger partial charge in [-0.2, -0.15) is 0 Å². The lowest BCUT2D eigenvalue weighted by Crippen LogP contribution is -2.43. The lowest BCUT2D eigenvalue weighted by Gasteiger charge is -2.32. The average Bonchev–Trinajstić information content (AvgIpc) is 2.74. The molecule has 2 aliphatic rings. The highest BCUT2D eigenvalue weighted by Gasteiger charge is 2.29. The normalized spacial score (nSPS) is 19.8. The molecule has 0 aromatic heterocycles. The number of halogens is 2. The van der Waals surface area contributed by atoms with Crippen molar-refractivity contribution in [3.05, 3.63) is 75.6 Å². The van der Waals surface area contributed by atoms with Crippen LogP contribution >= 0.6 is 23.8 Å². The zero-order chi connectivity index (χ0) is 16.7. The highest BCUT2D eigenvalue weighted by Crippen LogP contribution is 2.38. The van der Waals surface area contributed by atoms with Gasteiger partial charge in [-0.25, -0.2) is 4.39 Å². The number of hydrogen-bond donors (Lipinski definition) is 2. The van der Waals surface area contributed by atoms with Crippen LogP contribution in [0.2, 0.25) is 5.02 Å². The first-order valence-corrected chi connectivity index (χ1v) is 8.75. The van der Waals surface area contributed by atoms with Gasteiger partial charge in [0, 0.05) is 16.3 Å². The Kier molecular flexibility index (Phi) is 4.02. The van der Waals surface area contributed by atoms with Gasteiger partial charge in [-0.05, 0) is 72.4 Å². The van der Waals surface area contributed by atoms with E-state index in [0.717, 1.165) is 41.6 Å². The third kappa shape index (κ3) is 2.80. The quantitative estimate of drug-likeness (QED) is 0.720. The molecular weight excluding hydrogens is 343 g/mol. The fourth-order valence-corrected chi connectivity index (χ4v) is 3.86. The Balaban J connectivity index is 1.87. The highest BCUT2D eigenvalue weighted by molar-refractivity contribution is 7.80. The Morgan fingerprint density at radius 3 is 2.67 bits per heavy atom. The van der Waals surface area contributed by atoms with E-state index in [-0.39, 0.29) is 11.9 Å². The number of nitrogens with one attached hydrogen (secondary N) is 2. The number of benzene rings is 2. The molecule has 0 saturated carbocycles.